The Balaban J connectivity index is 1.93. The van der Waals surface area contributed by atoms with Crippen LogP contribution in [0.25, 0.3) is 0 Å². The number of nitrogens with zero attached hydrogens (tertiary/aromatic N) is 4. The topological polar surface area (TPSA) is 72.5 Å². The van der Waals surface area contributed by atoms with Crippen molar-refractivity contribution in [3.8, 4) is 0 Å². The fourth-order valence-corrected chi connectivity index (χ4v) is 3.59. The normalized spacial score (nSPS) is 18.8. The molecule has 0 amide bonds. The molecule has 0 atom stereocenters. The maximum Gasteiger partial charge on any atom is 0.260 e. The minimum atomic E-state index is -3.42. The summed E-state index contributed by atoms with van der Waals surface area (Å²) in [6, 6.07) is 0. The Hall–Kier alpha value is -0.960. The molecule has 114 valence electrons. The van der Waals surface area contributed by atoms with Crippen LogP contribution in [0.15, 0.2) is 11.2 Å². The molecular formula is C12H23N5O2S. The van der Waals surface area contributed by atoms with Crippen LogP contribution in [0.3, 0.4) is 0 Å². The summed E-state index contributed by atoms with van der Waals surface area (Å²) in [6.07, 6.45) is 1.39. The highest BCUT2D eigenvalue weighted by Crippen LogP contribution is 2.15. The zero-order chi connectivity index (χ0) is 14.8. The summed E-state index contributed by atoms with van der Waals surface area (Å²) in [5.41, 5.74) is 0. The molecule has 1 N–H and O–H groups in total. The minimum absolute atomic E-state index is 0.191. The highest BCUT2D eigenvalue weighted by molar-refractivity contribution is 7.89. The Bertz CT molecular complexity index is 532. The van der Waals surface area contributed by atoms with Gasteiger partial charge >= 0.3 is 0 Å². The SMILES string of the molecule is Cc1ncc(S(=O)(=O)N2CCN(CCN(C)C)CC2)[nH]1. The van der Waals surface area contributed by atoms with Gasteiger partial charge in [-0.2, -0.15) is 4.31 Å². The number of piperazine rings is 1. The standard InChI is InChI=1S/C12H23N5O2S/c1-11-13-10-12(14-11)20(18,19)17-8-6-16(7-9-17)5-4-15(2)3/h10H,4-9H2,1-3H3,(H,13,14). The number of aromatic nitrogens is 2. The molecule has 1 aromatic heterocycles. The largest absolute Gasteiger partial charge is 0.332 e. The van der Waals surface area contributed by atoms with Crippen LogP contribution in [0.2, 0.25) is 0 Å². The summed E-state index contributed by atoms with van der Waals surface area (Å²) in [7, 11) is 0.668. The lowest BCUT2D eigenvalue weighted by Crippen LogP contribution is -2.49. The Morgan fingerprint density at radius 3 is 2.45 bits per heavy atom. The summed E-state index contributed by atoms with van der Waals surface area (Å²) in [4.78, 5) is 11.2. The number of imidazole rings is 1. The number of hydrogen-bond donors (Lipinski definition) is 1. The Kier molecular flexibility index (Phi) is 4.79. The summed E-state index contributed by atoms with van der Waals surface area (Å²) < 4.78 is 26.3. The molecule has 0 aliphatic carbocycles. The van der Waals surface area contributed by atoms with Gasteiger partial charge in [-0.25, -0.2) is 13.4 Å². The van der Waals surface area contributed by atoms with E-state index in [0.29, 0.717) is 18.9 Å². The Morgan fingerprint density at radius 2 is 1.95 bits per heavy atom. The van der Waals surface area contributed by atoms with Crippen molar-refractivity contribution in [1.29, 1.82) is 0 Å². The van der Waals surface area contributed by atoms with Crippen LogP contribution in [-0.4, -0.2) is 85.9 Å². The van der Waals surface area contributed by atoms with E-state index in [1.54, 1.807) is 6.92 Å². The molecule has 2 rings (SSSR count). The lowest BCUT2D eigenvalue weighted by molar-refractivity contribution is 0.174. The molecule has 8 heteroatoms. The number of hydrogen-bond acceptors (Lipinski definition) is 5. The summed E-state index contributed by atoms with van der Waals surface area (Å²) >= 11 is 0. The number of aryl methyl sites for hydroxylation is 1. The summed E-state index contributed by atoms with van der Waals surface area (Å²) in [5, 5.41) is 0.191. The van der Waals surface area contributed by atoms with Crippen molar-refractivity contribution in [2.45, 2.75) is 11.9 Å². The molecule has 1 saturated heterocycles. The van der Waals surface area contributed by atoms with E-state index in [4.69, 9.17) is 0 Å². The van der Waals surface area contributed by atoms with Crippen LogP contribution in [0.1, 0.15) is 5.82 Å². The van der Waals surface area contributed by atoms with Crippen molar-refractivity contribution < 1.29 is 8.42 Å². The van der Waals surface area contributed by atoms with Crippen molar-refractivity contribution in [2.24, 2.45) is 0 Å². The van der Waals surface area contributed by atoms with Gasteiger partial charge in [0.05, 0.1) is 6.20 Å². The Morgan fingerprint density at radius 1 is 1.30 bits per heavy atom. The molecule has 0 spiro atoms. The maximum absolute atomic E-state index is 12.4. The fourth-order valence-electron chi connectivity index (χ4n) is 2.20. The highest BCUT2D eigenvalue weighted by atomic mass is 32.2. The second-order valence-corrected chi connectivity index (χ2v) is 7.29. The molecule has 7 nitrogen and oxygen atoms in total. The first-order valence-corrected chi connectivity index (χ1v) is 8.22. The molecule has 20 heavy (non-hydrogen) atoms. The Labute approximate surface area is 120 Å². The van der Waals surface area contributed by atoms with Gasteiger partial charge in [0.25, 0.3) is 10.0 Å². The van der Waals surface area contributed by atoms with Crippen molar-refractivity contribution in [1.82, 2.24) is 24.1 Å². The van der Waals surface area contributed by atoms with E-state index in [1.165, 1.54) is 10.5 Å². The quantitative estimate of drug-likeness (QED) is 0.800. The second kappa shape index (κ2) is 6.21. The molecule has 1 fully saturated rings. The van der Waals surface area contributed by atoms with Crippen molar-refractivity contribution in [2.75, 3.05) is 53.4 Å². The third kappa shape index (κ3) is 3.57. The minimum Gasteiger partial charge on any atom is -0.332 e. The van der Waals surface area contributed by atoms with E-state index in [2.05, 4.69) is 19.8 Å². The van der Waals surface area contributed by atoms with E-state index < -0.39 is 10.0 Å². The monoisotopic (exact) mass is 301 g/mol. The van der Waals surface area contributed by atoms with Gasteiger partial charge in [0.2, 0.25) is 0 Å². The van der Waals surface area contributed by atoms with Crippen molar-refractivity contribution in [3.63, 3.8) is 0 Å². The maximum atomic E-state index is 12.4. The van der Waals surface area contributed by atoms with Crippen molar-refractivity contribution >= 4 is 10.0 Å². The molecule has 1 aliphatic rings. The van der Waals surface area contributed by atoms with Crippen LogP contribution < -0.4 is 0 Å². The van der Waals surface area contributed by atoms with Gasteiger partial charge in [0.15, 0.2) is 5.03 Å². The van der Waals surface area contributed by atoms with E-state index in [9.17, 15) is 8.42 Å². The molecule has 0 bridgehead atoms. The zero-order valence-corrected chi connectivity index (χ0v) is 13.2. The van der Waals surface area contributed by atoms with Crippen LogP contribution in [0.4, 0.5) is 0 Å². The molecule has 2 heterocycles. The lowest BCUT2D eigenvalue weighted by Gasteiger charge is -2.34. The molecule has 0 saturated carbocycles. The van der Waals surface area contributed by atoms with Crippen LogP contribution in [0, 0.1) is 6.92 Å². The lowest BCUT2D eigenvalue weighted by atomic mass is 10.3. The molecule has 0 aromatic carbocycles. The van der Waals surface area contributed by atoms with Gasteiger partial charge in [0, 0.05) is 39.3 Å². The number of aromatic amines is 1. The highest BCUT2D eigenvalue weighted by Gasteiger charge is 2.29. The van der Waals surface area contributed by atoms with Gasteiger partial charge in [-0.3, -0.25) is 4.90 Å². The predicted molar refractivity (Wildman–Crippen MR) is 77.1 cm³/mol. The van der Waals surface area contributed by atoms with Crippen LogP contribution in [-0.2, 0) is 10.0 Å². The number of nitrogens with one attached hydrogen (secondary N) is 1. The number of sulfonamides is 1. The van der Waals surface area contributed by atoms with Gasteiger partial charge in [-0.1, -0.05) is 0 Å². The number of H-pyrrole nitrogens is 1. The number of rotatable bonds is 5. The van der Waals surface area contributed by atoms with Gasteiger partial charge in [-0.15, -0.1) is 0 Å². The fraction of sp³-hybridized carbons (Fsp3) is 0.750. The van der Waals surface area contributed by atoms with Crippen LogP contribution >= 0.6 is 0 Å². The first kappa shape index (κ1) is 15.4. The van der Waals surface area contributed by atoms with E-state index >= 15 is 0 Å². The molecule has 0 unspecified atom stereocenters. The first-order valence-electron chi connectivity index (χ1n) is 6.78. The molecular weight excluding hydrogens is 278 g/mol. The third-order valence-corrected chi connectivity index (χ3v) is 5.30. The smallest absolute Gasteiger partial charge is 0.260 e. The van der Waals surface area contributed by atoms with Crippen LogP contribution in [0.5, 0.6) is 0 Å². The van der Waals surface area contributed by atoms with E-state index in [0.717, 1.165) is 26.2 Å². The molecule has 0 radical (unpaired) electrons. The summed E-state index contributed by atoms with van der Waals surface area (Å²) in [5.74, 6) is 0.619. The molecule has 1 aromatic rings. The van der Waals surface area contributed by atoms with Gasteiger partial charge in [0.1, 0.15) is 5.82 Å². The average molecular weight is 301 g/mol. The zero-order valence-electron chi connectivity index (χ0n) is 12.3. The average Bonchev–Trinajstić information content (AvgIpc) is 2.84. The van der Waals surface area contributed by atoms with E-state index in [1.807, 2.05) is 14.1 Å². The molecule has 1 aliphatic heterocycles. The summed E-state index contributed by atoms with van der Waals surface area (Å²) in [6.45, 7) is 6.34. The third-order valence-electron chi connectivity index (χ3n) is 3.49. The predicted octanol–water partition coefficient (Wildman–Crippen LogP) is -0.414. The second-order valence-electron chi connectivity index (χ2n) is 5.38. The van der Waals surface area contributed by atoms with Gasteiger partial charge < -0.3 is 9.88 Å². The first-order chi connectivity index (χ1) is 9.39. The van der Waals surface area contributed by atoms with Crippen molar-refractivity contribution in [3.05, 3.63) is 12.0 Å². The van der Waals surface area contributed by atoms with E-state index in [-0.39, 0.29) is 5.03 Å². The van der Waals surface area contributed by atoms with Gasteiger partial charge in [-0.05, 0) is 21.0 Å². The number of likely N-dealkylation sites (N-methyl/N-ethyl adjacent to an activating group) is 1.